The van der Waals surface area contributed by atoms with E-state index in [9.17, 15) is 9.59 Å². The number of imidazole rings is 1. The van der Waals surface area contributed by atoms with Crippen molar-refractivity contribution in [1.29, 1.82) is 0 Å². The van der Waals surface area contributed by atoms with E-state index in [0.717, 1.165) is 16.6 Å². The van der Waals surface area contributed by atoms with Crippen LogP contribution in [-0.4, -0.2) is 27.0 Å². The van der Waals surface area contributed by atoms with Gasteiger partial charge in [-0.15, -0.1) is 0 Å². The molecule has 5 nitrogen and oxygen atoms in total. The molecule has 25 heavy (non-hydrogen) atoms. The minimum absolute atomic E-state index is 0.0242. The number of aryl methyl sites for hydroxylation is 1. The zero-order chi connectivity index (χ0) is 18.0. The Morgan fingerprint density at radius 3 is 2.24 bits per heavy atom. The zero-order valence-electron chi connectivity index (χ0n) is 14.3. The molecule has 0 aliphatic carbocycles. The summed E-state index contributed by atoms with van der Waals surface area (Å²) in [6.07, 6.45) is 0. The maximum Gasteiger partial charge on any atom is 0.329 e. The van der Waals surface area contributed by atoms with Crippen LogP contribution in [0.2, 0.25) is 5.02 Å². The molecule has 0 fully saturated rings. The second kappa shape index (κ2) is 7.15. The summed E-state index contributed by atoms with van der Waals surface area (Å²) in [5.41, 5.74) is 2.46. The molecule has 0 aliphatic rings. The van der Waals surface area contributed by atoms with Gasteiger partial charge in [0.2, 0.25) is 5.91 Å². The van der Waals surface area contributed by atoms with Crippen molar-refractivity contribution in [3.63, 3.8) is 0 Å². The maximum atomic E-state index is 12.6. The van der Waals surface area contributed by atoms with Crippen LogP contribution in [0.3, 0.4) is 0 Å². The molecule has 3 rings (SSSR count). The Balaban J connectivity index is 1.83. The molecule has 0 aliphatic heterocycles. The van der Waals surface area contributed by atoms with Crippen molar-refractivity contribution >= 4 is 28.5 Å². The third-order valence-corrected chi connectivity index (χ3v) is 4.55. The van der Waals surface area contributed by atoms with Gasteiger partial charge in [0.15, 0.2) is 0 Å². The van der Waals surface area contributed by atoms with Crippen LogP contribution < -0.4 is 5.69 Å². The summed E-state index contributed by atoms with van der Waals surface area (Å²) in [4.78, 5) is 26.8. The molecule has 0 bridgehead atoms. The van der Waals surface area contributed by atoms with Crippen LogP contribution in [0.15, 0.2) is 53.3 Å². The van der Waals surface area contributed by atoms with E-state index in [0.29, 0.717) is 18.1 Å². The van der Waals surface area contributed by atoms with Gasteiger partial charge in [0.1, 0.15) is 6.54 Å². The number of hydrogen-bond acceptors (Lipinski definition) is 2. The second-order valence-corrected chi connectivity index (χ2v) is 6.41. The summed E-state index contributed by atoms with van der Waals surface area (Å²) in [5.74, 6) is -0.115. The molecular formula is C19H20ClN3O2. The first-order valence-electron chi connectivity index (χ1n) is 8.17. The van der Waals surface area contributed by atoms with Crippen LogP contribution in [0, 0.1) is 0 Å². The molecule has 0 saturated heterocycles. The third kappa shape index (κ3) is 3.46. The van der Waals surface area contributed by atoms with Crippen molar-refractivity contribution in [3.8, 4) is 0 Å². The minimum Gasteiger partial charge on any atom is -0.340 e. The molecule has 6 heteroatoms. The zero-order valence-corrected chi connectivity index (χ0v) is 15.0. The lowest BCUT2D eigenvalue weighted by atomic mass is 10.2. The van der Waals surface area contributed by atoms with Crippen LogP contribution in [0.1, 0.15) is 12.5 Å². The number of rotatable bonds is 5. The molecule has 1 heterocycles. The van der Waals surface area contributed by atoms with Crippen LogP contribution in [0.4, 0.5) is 0 Å². The molecule has 2 aromatic carbocycles. The number of nitrogens with zero attached hydrogens (tertiary/aromatic N) is 3. The Kier molecular flexibility index (Phi) is 4.95. The van der Waals surface area contributed by atoms with Gasteiger partial charge in [-0.3, -0.25) is 13.9 Å². The number of aromatic nitrogens is 2. The number of carbonyl (C=O) groups is 1. The first-order chi connectivity index (χ1) is 12.0. The Labute approximate surface area is 151 Å². The molecule has 0 unspecified atom stereocenters. The topological polar surface area (TPSA) is 47.2 Å². The van der Waals surface area contributed by atoms with E-state index in [4.69, 9.17) is 11.6 Å². The fourth-order valence-electron chi connectivity index (χ4n) is 2.94. The molecular weight excluding hydrogens is 338 g/mol. The second-order valence-electron chi connectivity index (χ2n) is 5.98. The van der Waals surface area contributed by atoms with Crippen molar-refractivity contribution in [2.24, 2.45) is 0 Å². The average Bonchev–Trinajstić information content (AvgIpc) is 2.88. The Bertz CT molecular complexity index is 957. The highest BCUT2D eigenvalue weighted by molar-refractivity contribution is 6.30. The Morgan fingerprint density at radius 1 is 1.04 bits per heavy atom. The van der Waals surface area contributed by atoms with Crippen LogP contribution in [0.5, 0.6) is 0 Å². The predicted octanol–water partition coefficient (Wildman–Crippen LogP) is 3.13. The van der Waals surface area contributed by atoms with Gasteiger partial charge in [-0.1, -0.05) is 35.9 Å². The van der Waals surface area contributed by atoms with Crippen molar-refractivity contribution in [3.05, 3.63) is 69.6 Å². The van der Waals surface area contributed by atoms with Gasteiger partial charge < -0.3 is 4.90 Å². The third-order valence-electron chi connectivity index (χ3n) is 4.29. The van der Waals surface area contributed by atoms with Crippen molar-refractivity contribution in [2.45, 2.75) is 26.6 Å². The molecule has 0 spiro atoms. The van der Waals surface area contributed by atoms with Gasteiger partial charge in [0, 0.05) is 25.2 Å². The van der Waals surface area contributed by atoms with Gasteiger partial charge >= 0.3 is 5.69 Å². The number of hydrogen-bond donors (Lipinski definition) is 0. The highest BCUT2D eigenvalue weighted by atomic mass is 35.5. The number of amides is 1. The number of carbonyl (C=O) groups excluding carboxylic acids is 1. The first-order valence-corrected chi connectivity index (χ1v) is 8.55. The lowest BCUT2D eigenvalue weighted by molar-refractivity contribution is -0.131. The van der Waals surface area contributed by atoms with Crippen molar-refractivity contribution in [1.82, 2.24) is 14.0 Å². The van der Waals surface area contributed by atoms with Crippen molar-refractivity contribution < 1.29 is 4.79 Å². The number of para-hydroxylation sites is 2. The molecule has 1 amide bonds. The largest absolute Gasteiger partial charge is 0.340 e. The minimum atomic E-state index is -0.156. The molecule has 0 N–H and O–H groups in total. The Hall–Kier alpha value is -2.53. The summed E-state index contributed by atoms with van der Waals surface area (Å²) < 4.78 is 3.22. The number of likely N-dealkylation sites (N-methyl/N-ethyl adjacent to an activating group) is 1. The summed E-state index contributed by atoms with van der Waals surface area (Å²) in [5, 5.41) is 0.664. The number of benzene rings is 2. The molecule has 1 aromatic heterocycles. The summed E-state index contributed by atoms with van der Waals surface area (Å²) in [6, 6.07) is 14.9. The fraction of sp³-hybridized carbons (Fsp3) is 0.263. The summed E-state index contributed by atoms with van der Waals surface area (Å²) in [6.45, 7) is 2.99. The molecule has 0 radical (unpaired) electrons. The highest BCUT2D eigenvalue weighted by Crippen LogP contribution is 2.14. The van der Waals surface area contributed by atoms with E-state index in [1.807, 2.05) is 43.3 Å². The lowest BCUT2D eigenvalue weighted by Crippen LogP contribution is -2.34. The highest BCUT2D eigenvalue weighted by Gasteiger charge is 2.16. The van der Waals surface area contributed by atoms with Crippen molar-refractivity contribution in [2.75, 3.05) is 7.05 Å². The number of halogens is 1. The van der Waals surface area contributed by atoms with E-state index in [2.05, 4.69) is 0 Å². The smallest absolute Gasteiger partial charge is 0.329 e. The molecule has 0 atom stereocenters. The standard InChI is InChI=1S/C19H20ClN3O2/c1-3-22-16-6-4-5-7-17(16)23(19(22)25)13-18(24)21(2)12-14-8-10-15(20)11-9-14/h4-11H,3,12-13H2,1-2H3. The molecule has 0 saturated carbocycles. The molecule has 130 valence electrons. The van der Waals surface area contributed by atoms with Gasteiger partial charge in [-0.2, -0.15) is 0 Å². The average molecular weight is 358 g/mol. The van der Waals surface area contributed by atoms with Gasteiger partial charge in [-0.25, -0.2) is 4.79 Å². The first kappa shape index (κ1) is 17.3. The van der Waals surface area contributed by atoms with E-state index in [1.165, 1.54) is 0 Å². The maximum absolute atomic E-state index is 12.6. The van der Waals surface area contributed by atoms with Crippen LogP contribution in [0.25, 0.3) is 11.0 Å². The van der Waals surface area contributed by atoms with Gasteiger partial charge in [0.05, 0.1) is 11.0 Å². The van der Waals surface area contributed by atoms with E-state index in [1.54, 1.807) is 33.2 Å². The summed E-state index contributed by atoms with van der Waals surface area (Å²) >= 11 is 5.89. The number of fused-ring (bicyclic) bond motifs is 1. The lowest BCUT2D eigenvalue weighted by Gasteiger charge is -2.17. The fourth-order valence-corrected chi connectivity index (χ4v) is 3.06. The van der Waals surface area contributed by atoms with Gasteiger partial charge in [-0.05, 0) is 36.8 Å². The van der Waals surface area contributed by atoms with E-state index in [-0.39, 0.29) is 18.1 Å². The molecule has 3 aromatic rings. The van der Waals surface area contributed by atoms with E-state index >= 15 is 0 Å². The van der Waals surface area contributed by atoms with Gasteiger partial charge in [0.25, 0.3) is 0 Å². The summed E-state index contributed by atoms with van der Waals surface area (Å²) in [7, 11) is 1.74. The van der Waals surface area contributed by atoms with E-state index < -0.39 is 0 Å². The normalized spacial score (nSPS) is 11.0. The quantitative estimate of drug-likeness (QED) is 0.704. The SMILES string of the molecule is CCn1c(=O)n(CC(=O)N(C)Cc2ccc(Cl)cc2)c2ccccc21. The monoisotopic (exact) mass is 357 g/mol. The Morgan fingerprint density at radius 2 is 1.64 bits per heavy atom. The predicted molar refractivity (Wildman–Crippen MR) is 99.8 cm³/mol. The van der Waals surface area contributed by atoms with Crippen LogP contribution >= 0.6 is 11.6 Å². The van der Waals surface area contributed by atoms with Crippen LogP contribution in [-0.2, 0) is 24.4 Å².